The van der Waals surface area contributed by atoms with Crippen LogP contribution in [-0.2, 0) is 0 Å². The second kappa shape index (κ2) is 8.97. The van der Waals surface area contributed by atoms with Crippen LogP contribution in [0.3, 0.4) is 0 Å². The van der Waals surface area contributed by atoms with Gasteiger partial charge in [0.2, 0.25) is 0 Å². The van der Waals surface area contributed by atoms with Crippen molar-refractivity contribution in [2.45, 2.75) is 19.8 Å². The summed E-state index contributed by atoms with van der Waals surface area (Å²) in [5.41, 5.74) is 2.06. The molecule has 0 aliphatic rings. The van der Waals surface area contributed by atoms with Crippen molar-refractivity contribution in [2.24, 2.45) is 0 Å². The van der Waals surface area contributed by atoms with Crippen LogP contribution in [0.2, 0.25) is 0 Å². The van der Waals surface area contributed by atoms with Crippen LogP contribution in [0.25, 0.3) is 11.0 Å². The van der Waals surface area contributed by atoms with Crippen LogP contribution >= 0.6 is 0 Å². The van der Waals surface area contributed by atoms with Crippen molar-refractivity contribution in [1.29, 1.82) is 0 Å². The fraction of sp³-hybridized carbons (Fsp3) is 0.500. The van der Waals surface area contributed by atoms with Crippen LogP contribution in [0.5, 0.6) is 0 Å². The largest absolute Gasteiger partial charge is 0.594 e. The fourth-order valence-electron chi connectivity index (χ4n) is 2.44. The molecule has 0 aliphatic heterocycles. The highest BCUT2D eigenvalue weighted by molar-refractivity contribution is 5.72. The second-order valence-corrected chi connectivity index (χ2v) is 5.97. The Balaban J connectivity index is 1.74. The van der Waals surface area contributed by atoms with Gasteiger partial charge in [-0.3, -0.25) is 0 Å². The SMILES string of the molecule is Cc1ccc2nc(NCCCN(C)CCCNC(=O)O)n[n+]([O-])c2c1. The lowest BCUT2D eigenvalue weighted by atomic mass is 10.2. The maximum Gasteiger partial charge on any atom is 0.404 e. The molecule has 25 heavy (non-hydrogen) atoms. The van der Waals surface area contributed by atoms with Crippen LogP contribution in [-0.4, -0.2) is 59.4 Å². The summed E-state index contributed by atoms with van der Waals surface area (Å²) in [6.07, 6.45) is 0.629. The van der Waals surface area contributed by atoms with E-state index in [1.807, 2.05) is 26.1 Å². The number of amides is 1. The van der Waals surface area contributed by atoms with Crippen LogP contribution in [0.15, 0.2) is 18.2 Å². The number of aryl methyl sites for hydroxylation is 1. The first kappa shape index (κ1) is 18.7. The summed E-state index contributed by atoms with van der Waals surface area (Å²) in [4.78, 5) is 17.4. The van der Waals surface area contributed by atoms with Crippen molar-refractivity contribution in [2.75, 3.05) is 38.5 Å². The number of carbonyl (C=O) groups is 1. The smallest absolute Gasteiger partial charge is 0.404 e. The Morgan fingerprint density at radius 3 is 2.76 bits per heavy atom. The van der Waals surface area contributed by atoms with Crippen molar-refractivity contribution in [3.8, 4) is 0 Å². The normalized spacial score (nSPS) is 11.0. The van der Waals surface area contributed by atoms with E-state index in [-0.39, 0.29) is 0 Å². The molecule has 1 aromatic carbocycles. The van der Waals surface area contributed by atoms with Gasteiger partial charge in [-0.25, -0.2) is 9.78 Å². The third-order valence-corrected chi connectivity index (χ3v) is 3.74. The summed E-state index contributed by atoms with van der Waals surface area (Å²) in [5.74, 6) is 0.319. The van der Waals surface area contributed by atoms with E-state index in [1.165, 1.54) is 0 Å². The van der Waals surface area contributed by atoms with Gasteiger partial charge in [-0.15, -0.1) is 0 Å². The molecule has 0 saturated heterocycles. The maximum absolute atomic E-state index is 12.0. The lowest BCUT2D eigenvalue weighted by Crippen LogP contribution is -2.34. The Morgan fingerprint density at radius 2 is 2.04 bits per heavy atom. The van der Waals surface area contributed by atoms with Gasteiger partial charge in [0.25, 0.3) is 11.5 Å². The van der Waals surface area contributed by atoms with Crippen LogP contribution in [0.4, 0.5) is 10.7 Å². The molecular weight excluding hydrogens is 324 g/mol. The minimum atomic E-state index is -0.993. The standard InChI is InChI=1S/C16H24N6O3/c1-12-5-6-13-14(11-12)22(25)20-15(19-13)17-7-3-9-21(2)10-4-8-18-16(23)24/h5-6,11,18H,3-4,7-10H2,1-2H3,(H,23,24)(H,17,19,20). The molecule has 0 spiro atoms. The summed E-state index contributed by atoms with van der Waals surface area (Å²) < 4.78 is 0. The first-order chi connectivity index (χ1) is 12.0. The molecule has 0 fully saturated rings. The zero-order valence-electron chi connectivity index (χ0n) is 14.5. The van der Waals surface area contributed by atoms with Crippen LogP contribution in [0, 0.1) is 12.1 Å². The summed E-state index contributed by atoms with van der Waals surface area (Å²) in [5, 5.41) is 29.8. The van der Waals surface area contributed by atoms with Gasteiger partial charge in [0.1, 0.15) is 5.52 Å². The molecule has 0 bridgehead atoms. The number of anilines is 1. The minimum absolute atomic E-state index is 0.319. The highest BCUT2D eigenvalue weighted by Crippen LogP contribution is 2.10. The number of benzene rings is 1. The molecular formula is C16H24N6O3. The second-order valence-electron chi connectivity index (χ2n) is 5.97. The van der Waals surface area contributed by atoms with Crippen LogP contribution in [0.1, 0.15) is 18.4 Å². The number of aromatic nitrogens is 3. The lowest BCUT2D eigenvalue weighted by molar-refractivity contribution is -0.641. The molecule has 1 amide bonds. The Labute approximate surface area is 146 Å². The first-order valence-electron chi connectivity index (χ1n) is 8.23. The summed E-state index contributed by atoms with van der Waals surface area (Å²) in [7, 11) is 1.99. The van der Waals surface area contributed by atoms with E-state index in [1.54, 1.807) is 6.07 Å². The molecule has 1 heterocycles. The van der Waals surface area contributed by atoms with Crippen molar-refractivity contribution in [3.05, 3.63) is 29.0 Å². The van der Waals surface area contributed by atoms with E-state index in [9.17, 15) is 10.0 Å². The lowest BCUT2D eigenvalue weighted by Gasteiger charge is -2.16. The van der Waals surface area contributed by atoms with Crippen molar-refractivity contribution in [1.82, 2.24) is 20.3 Å². The van der Waals surface area contributed by atoms with E-state index >= 15 is 0 Å². The molecule has 3 N–H and O–H groups in total. The third kappa shape index (κ3) is 6.03. The van der Waals surface area contributed by atoms with Crippen molar-refractivity contribution < 1.29 is 14.7 Å². The van der Waals surface area contributed by atoms with Gasteiger partial charge < -0.3 is 25.8 Å². The predicted octanol–water partition coefficient (Wildman–Crippen LogP) is 0.963. The Bertz CT molecular complexity index is 724. The van der Waals surface area contributed by atoms with Crippen molar-refractivity contribution >= 4 is 23.1 Å². The molecule has 0 saturated carbocycles. The van der Waals surface area contributed by atoms with Gasteiger partial charge in [0, 0.05) is 19.2 Å². The molecule has 0 radical (unpaired) electrons. The van der Waals surface area contributed by atoms with Gasteiger partial charge in [0.15, 0.2) is 0 Å². The number of fused-ring (bicyclic) bond motifs is 1. The van der Waals surface area contributed by atoms with Gasteiger partial charge in [-0.1, -0.05) is 6.07 Å². The quantitative estimate of drug-likeness (QED) is 0.351. The monoisotopic (exact) mass is 348 g/mol. The van der Waals surface area contributed by atoms with E-state index in [2.05, 4.69) is 25.6 Å². The number of rotatable bonds is 9. The highest BCUT2D eigenvalue weighted by Gasteiger charge is 2.10. The third-order valence-electron chi connectivity index (χ3n) is 3.74. The number of nitrogens with zero attached hydrogens (tertiary/aromatic N) is 4. The van der Waals surface area contributed by atoms with Gasteiger partial charge in [0.05, 0.1) is 5.10 Å². The van der Waals surface area contributed by atoms with Crippen molar-refractivity contribution in [3.63, 3.8) is 0 Å². The topological polar surface area (TPSA) is 117 Å². The molecule has 136 valence electrons. The maximum atomic E-state index is 12.0. The van der Waals surface area contributed by atoms with E-state index in [0.717, 1.165) is 31.5 Å². The summed E-state index contributed by atoms with van der Waals surface area (Å²) in [6.45, 7) is 4.68. The van der Waals surface area contributed by atoms with Gasteiger partial charge in [-0.2, -0.15) is 0 Å². The van der Waals surface area contributed by atoms with E-state index in [4.69, 9.17) is 5.11 Å². The molecule has 2 rings (SSSR count). The Morgan fingerprint density at radius 1 is 1.32 bits per heavy atom. The number of hydrogen-bond donors (Lipinski definition) is 3. The number of carboxylic acid groups (broad SMARTS) is 1. The molecule has 0 atom stereocenters. The average Bonchev–Trinajstić information content (AvgIpc) is 2.56. The number of hydrogen-bond acceptors (Lipinski definition) is 6. The highest BCUT2D eigenvalue weighted by atomic mass is 16.5. The van der Waals surface area contributed by atoms with E-state index < -0.39 is 6.09 Å². The first-order valence-corrected chi connectivity index (χ1v) is 8.23. The zero-order valence-corrected chi connectivity index (χ0v) is 14.5. The molecule has 9 nitrogen and oxygen atoms in total. The molecule has 0 unspecified atom stereocenters. The predicted molar refractivity (Wildman–Crippen MR) is 94.5 cm³/mol. The zero-order chi connectivity index (χ0) is 18.2. The van der Waals surface area contributed by atoms with Gasteiger partial charge >= 0.3 is 6.09 Å². The fourth-order valence-corrected chi connectivity index (χ4v) is 2.44. The molecule has 2 aromatic rings. The Hall–Kier alpha value is -2.68. The number of nitrogens with one attached hydrogen (secondary N) is 2. The molecule has 0 aliphatic carbocycles. The van der Waals surface area contributed by atoms with Crippen LogP contribution < -0.4 is 15.5 Å². The minimum Gasteiger partial charge on any atom is -0.594 e. The molecule has 1 aromatic heterocycles. The van der Waals surface area contributed by atoms with E-state index in [0.29, 0.717) is 34.9 Å². The average molecular weight is 348 g/mol. The Kier molecular flexibility index (Phi) is 6.70. The van der Waals surface area contributed by atoms with Gasteiger partial charge in [-0.05, 0) is 56.4 Å². The molecule has 9 heteroatoms. The summed E-state index contributed by atoms with van der Waals surface area (Å²) >= 11 is 0. The summed E-state index contributed by atoms with van der Waals surface area (Å²) in [6, 6.07) is 5.48.